The molecule has 2 heterocycles. The molecule has 1 atom stereocenters. The summed E-state index contributed by atoms with van der Waals surface area (Å²) in [5, 5.41) is 3.49. The Morgan fingerprint density at radius 2 is 1.78 bits per heavy atom. The predicted octanol–water partition coefficient (Wildman–Crippen LogP) is 2.76. The number of hydrogen-bond donors (Lipinski definition) is 1. The van der Waals surface area contributed by atoms with Gasteiger partial charge in [-0.3, -0.25) is 19.4 Å². The molecule has 0 spiro atoms. The lowest BCUT2D eigenvalue weighted by Crippen LogP contribution is -2.51. The van der Waals surface area contributed by atoms with Crippen molar-refractivity contribution in [1.29, 1.82) is 0 Å². The third kappa shape index (κ3) is 4.36. The van der Waals surface area contributed by atoms with Crippen LogP contribution in [-0.2, 0) is 21.7 Å². The van der Waals surface area contributed by atoms with Crippen molar-refractivity contribution >= 4 is 29.4 Å². The fraction of sp³-hybridized carbons (Fsp3) is 0.375. The number of piperazine rings is 1. The number of hydrogen-bond acceptors (Lipinski definition) is 4. The molecule has 0 aromatic heterocycles. The summed E-state index contributed by atoms with van der Waals surface area (Å²) >= 11 is 6.06. The minimum atomic E-state index is -1.17. The van der Waals surface area contributed by atoms with Gasteiger partial charge in [-0.25, -0.2) is 4.79 Å². The number of aryl methyl sites for hydroxylation is 1. The average molecular weight is 455 g/mol. The van der Waals surface area contributed by atoms with E-state index in [2.05, 4.69) is 10.2 Å². The maximum absolute atomic E-state index is 13.1. The molecule has 0 radical (unpaired) electrons. The van der Waals surface area contributed by atoms with Gasteiger partial charge in [0.25, 0.3) is 5.91 Å². The predicted molar refractivity (Wildman–Crippen MR) is 122 cm³/mol. The zero-order valence-corrected chi connectivity index (χ0v) is 19.1. The number of urea groups is 1. The lowest BCUT2D eigenvalue weighted by molar-refractivity contribution is -0.140. The molecular formula is C24H27ClN4O3. The molecule has 8 heteroatoms. The van der Waals surface area contributed by atoms with Crippen molar-refractivity contribution in [2.75, 3.05) is 32.7 Å². The summed E-state index contributed by atoms with van der Waals surface area (Å²) in [6, 6.07) is 14.7. The molecule has 32 heavy (non-hydrogen) atoms. The monoisotopic (exact) mass is 454 g/mol. The van der Waals surface area contributed by atoms with Crippen LogP contribution in [0.4, 0.5) is 4.79 Å². The van der Waals surface area contributed by atoms with Crippen molar-refractivity contribution < 1.29 is 14.4 Å². The van der Waals surface area contributed by atoms with E-state index in [1.165, 1.54) is 0 Å². The van der Waals surface area contributed by atoms with Crippen molar-refractivity contribution in [2.24, 2.45) is 0 Å². The first kappa shape index (κ1) is 22.3. The molecule has 1 N–H and O–H groups in total. The highest BCUT2D eigenvalue weighted by atomic mass is 35.5. The fourth-order valence-electron chi connectivity index (χ4n) is 4.44. The van der Waals surface area contributed by atoms with Gasteiger partial charge in [0.15, 0.2) is 0 Å². The number of amides is 4. The highest BCUT2D eigenvalue weighted by Gasteiger charge is 2.50. The van der Waals surface area contributed by atoms with E-state index >= 15 is 0 Å². The number of halogens is 1. The van der Waals surface area contributed by atoms with Gasteiger partial charge in [-0.15, -0.1) is 0 Å². The van der Waals surface area contributed by atoms with E-state index < -0.39 is 17.5 Å². The molecule has 0 bridgehead atoms. The molecule has 0 aliphatic carbocycles. The van der Waals surface area contributed by atoms with Gasteiger partial charge in [-0.05, 0) is 42.7 Å². The van der Waals surface area contributed by atoms with Crippen molar-refractivity contribution in [1.82, 2.24) is 20.0 Å². The van der Waals surface area contributed by atoms with Crippen LogP contribution in [0.1, 0.15) is 23.6 Å². The first-order chi connectivity index (χ1) is 15.3. The van der Waals surface area contributed by atoms with E-state index in [1.54, 1.807) is 11.8 Å². The Hall–Kier alpha value is -2.90. The van der Waals surface area contributed by atoms with Crippen LogP contribution < -0.4 is 5.32 Å². The van der Waals surface area contributed by atoms with E-state index in [4.69, 9.17) is 11.6 Å². The highest BCUT2D eigenvalue weighted by Crippen LogP contribution is 2.31. The van der Waals surface area contributed by atoms with E-state index in [-0.39, 0.29) is 12.5 Å². The molecule has 2 fully saturated rings. The van der Waals surface area contributed by atoms with Gasteiger partial charge >= 0.3 is 6.03 Å². The average Bonchev–Trinajstić information content (AvgIpc) is 2.98. The van der Waals surface area contributed by atoms with Crippen LogP contribution in [0.3, 0.4) is 0 Å². The maximum atomic E-state index is 13.1. The molecule has 2 saturated heterocycles. The van der Waals surface area contributed by atoms with Crippen molar-refractivity contribution in [3.8, 4) is 0 Å². The Balaban J connectivity index is 1.36. The third-order valence-electron chi connectivity index (χ3n) is 6.27. The molecule has 2 aliphatic heterocycles. The molecule has 2 aliphatic rings. The van der Waals surface area contributed by atoms with Gasteiger partial charge in [-0.1, -0.05) is 48.0 Å². The zero-order valence-electron chi connectivity index (χ0n) is 18.3. The first-order valence-corrected chi connectivity index (χ1v) is 11.1. The molecular weight excluding hydrogens is 428 g/mol. The van der Waals surface area contributed by atoms with Crippen molar-refractivity contribution in [2.45, 2.75) is 25.9 Å². The third-order valence-corrected chi connectivity index (χ3v) is 6.51. The standard InChI is InChI=1S/C24H27ClN4O3/c1-17-6-3-4-9-20(17)24(2)22(31)29(23(32)26-24)16-21(30)28-12-10-27(11-13-28)15-18-7-5-8-19(25)14-18/h3-9,14H,10-13,15-16H2,1-2H3,(H,26,32). The maximum Gasteiger partial charge on any atom is 0.325 e. The molecule has 0 saturated carbocycles. The summed E-state index contributed by atoms with van der Waals surface area (Å²) in [5.74, 6) is -0.616. The Morgan fingerprint density at radius 1 is 1.06 bits per heavy atom. The molecule has 2 aromatic carbocycles. The zero-order chi connectivity index (χ0) is 22.9. The summed E-state index contributed by atoms with van der Waals surface area (Å²) in [4.78, 5) is 43.6. The van der Waals surface area contributed by atoms with Crippen LogP contribution >= 0.6 is 11.6 Å². The van der Waals surface area contributed by atoms with E-state index in [0.717, 1.165) is 41.2 Å². The Labute approximate surface area is 192 Å². The van der Waals surface area contributed by atoms with Gasteiger partial charge < -0.3 is 10.2 Å². The van der Waals surface area contributed by atoms with E-state index in [0.29, 0.717) is 18.1 Å². The summed E-state index contributed by atoms with van der Waals surface area (Å²) in [6.07, 6.45) is 0. The minimum Gasteiger partial charge on any atom is -0.339 e. The fourth-order valence-corrected chi connectivity index (χ4v) is 4.65. The second-order valence-corrected chi connectivity index (χ2v) is 8.98. The summed E-state index contributed by atoms with van der Waals surface area (Å²) in [7, 11) is 0. The quantitative estimate of drug-likeness (QED) is 0.705. The van der Waals surface area contributed by atoms with Gasteiger partial charge in [0.2, 0.25) is 5.91 Å². The molecule has 4 amide bonds. The molecule has 168 valence electrons. The van der Waals surface area contributed by atoms with Crippen LogP contribution in [-0.4, -0.2) is 65.3 Å². The first-order valence-electron chi connectivity index (χ1n) is 10.7. The summed E-state index contributed by atoms with van der Waals surface area (Å²) in [6.45, 7) is 6.66. The van der Waals surface area contributed by atoms with E-state index in [9.17, 15) is 14.4 Å². The highest BCUT2D eigenvalue weighted by molar-refractivity contribution is 6.30. The Morgan fingerprint density at radius 3 is 2.47 bits per heavy atom. The molecule has 7 nitrogen and oxygen atoms in total. The minimum absolute atomic E-state index is 0.218. The number of nitrogens with one attached hydrogen (secondary N) is 1. The largest absolute Gasteiger partial charge is 0.339 e. The van der Waals surface area contributed by atoms with Crippen LogP contribution in [0, 0.1) is 6.92 Å². The molecule has 1 unspecified atom stereocenters. The smallest absolute Gasteiger partial charge is 0.325 e. The van der Waals surface area contributed by atoms with Crippen molar-refractivity contribution in [3.05, 3.63) is 70.2 Å². The topological polar surface area (TPSA) is 73.0 Å². The van der Waals surface area contributed by atoms with Crippen LogP contribution in [0.2, 0.25) is 5.02 Å². The summed E-state index contributed by atoms with van der Waals surface area (Å²) in [5.41, 5.74) is 1.61. The number of imide groups is 1. The Kier molecular flexibility index (Phi) is 6.22. The van der Waals surface area contributed by atoms with Crippen LogP contribution in [0.5, 0.6) is 0 Å². The van der Waals surface area contributed by atoms with Gasteiger partial charge in [0, 0.05) is 37.7 Å². The number of rotatable bonds is 5. The van der Waals surface area contributed by atoms with Crippen molar-refractivity contribution in [3.63, 3.8) is 0 Å². The molecule has 4 rings (SSSR count). The van der Waals surface area contributed by atoms with Gasteiger partial charge in [0.1, 0.15) is 12.1 Å². The molecule has 2 aromatic rings. The second-order valence-electron chi connectivity index (χ2n) is 8.55. The number of nitrogens with zero attached hydrogens (tertiary/aromatic N) is 3. The van der Waals surface area contributed by atoms with Crippen LogP contribution in [0.25, 0.3) is 0 Å². The number of carbonyl (C=O) groups excluding carboxylic acids is 3. The van der Waals surface area contributed by atoms with Gasteiger partial charge in [-0.2, -0.15) is 0 Å². The Bertz CT molecular complexity index is 1050. The van der Waals surface area contributed by atoms with E-state index in [1.807, 2.05) is 55.5 Å². The normalized spacial score (nSPS) is 21.7. The number of benzene rings is 2. The summed E-state index contributed by atoms with van der Waals surface area (Å²) < 4.78 is 0. The lowest BCUT2D eigenvalue weighted by atomic mass is 9.88. The number of carbonyl (C=O) groups is 3. The van der Waals surface area contributed by atoms with Crippen LogP contribution in [0.15, 0.2) is 48.5 Å². The van der Waals surface area contributed by atoms with Gasteiger partial charge in [0.05, 0.1) is 0 Å². The second kappa shape index (κ2) is 8.92. The SMILES string of the molecule is Cc1ccccc1C1(C)NC(=O)N(CC(=O)N2CCN(Cc3cccc(Cl)c3)CC2)C1=O. The lowest BCUT2D eigenvalue weighted by Gasteiger charge is -2.35.